The van der Waals surface area contributed by atoms with Crippen LogP contribution in [0.15, 0.2) is 30.3 Å². The zero-order valence-corrected chi connectivity index (χ0v) is 12.4. The Morgan fingerprint density at radius 1 is 1.21 bits per heavy atom. The van der Waals surface area contributed by atoms with Gasteiger partial charge in [0, 0.05) is 0 Å². The molecule has 0 bridgehead atoms. The van der Waals surface area contributed by atoms with Crippen LogP contribution in [0.4, 0.5) is 0 Å². The third-order valence-corrected chi connectivity index (χ3v) is 5.75. The Hall–Kier alpha value is -0.730. The summed E-state index contributed by atoms with van der Waals surface area (Å²) in [6.45, 7) is 1.83. The molecule has 102 valence electrons. The van der Waals surface area contributed by atoms with Crippen LogP contribution in [-0.2, 0) is 10.3 Å². The molecule has 1 aromatic rings. The standard InChI is InChI=1S/C15H17Cl2NO/c1-13(10-15(13,16)17)12(19)18-14(8-5-9-14)11-6-3-2-4-7-11/h2-4,6-7H,5,8-10H2,1H3,(H,18,19). The van der Waals surface area contributed by atoms with Crippen molar-refractivity contribution in [1.29, 1.82) is 0 Å². The summed E-state index contributed by atoms with van der Waals surface area (Å²) in [5.74, 6) is -0.0268. The van der Waals surface area contributed by atoms with E-state index in [1.165, 1.54) is 5.56 Å². The predicted octanol–water partition coefficient (Wildman–Crippen LogP) is 3.77. The summed E-state index contributed by atoms with van der Waals surface area (Å²) in [6.07, 6.45) is 3.63. The fourth-order valence-corrected chi connectivity index (χ4v) is 3.48. The number of carbonyl (C=O) groups excluding carboxylic acids is 1. The first-order valence-corrected chi connectivity index (χ1v) is 7.41. The quantitative estimate of drug-likeness (QED) is 0.846. The van der Waals surface area contributed by atoms with Crippen molar-refractivity contribution in [3.63, 3.8) is 0 Å². The molecule has 1 aromatic carbocycles. The SMILES string of the molecule is CC1(C(=O)NC2(c3ccccc3)CCC2)CC1(Cl)Cl. The third-order valence-electron chi connectivity index (χ3n) is 4.65. The van der Waals surface area contributed by atoms with Crippen LogP contribution in [0.3, 0.4) is 0 Å². The average molecular weight is 298 g/mol. The lowest BCUT2D eigenvalue weighted by Crippen LogP contribution is -2.53. The summed E-state index contributed by atoms with van der Waals surface area (Å²) < 4.78 is -0.904. The number of carbonyl (C=O) groups is 1. The highest BCUT2D eigenvalue weighted by Crippen LogP contribution is 2.64. The lowest BCUT2D eigenvalue weighted by Gasteiger charge is -2.44. The van der Waals surface area contributed by atoms with E-state index in [0.29, 0.717) is 6.42 Å². The molecular formula is C15H17Cl2NO. The molecule has 0 heterocycles. The molecule has 2 aliphatic carbocycles. The molecule has 2 saturated carbocycles. The van der Waals surface area contributed by atoms with Gasteiger partial charge in [-0.3, -0.25) is 4.79 Å². The van der Waals surface area contributed by atoms with Crippen molar-refractivity contribution in [3.8, 4) is 0 Å². The summed E-state index contributed by atoms with van der Waals surface area (Å²) in [5, 5.41) is 3.20. The van der Waals surface area contributed by atoms with E-state index in [-0.39, 0.29) is 11.4 Å². The van der Waals surface area contributed by atoms with E-state index in [4.69, 9.17) is 23.2 Å². The molecule has 4 heteroatoms. The van der Waals surface area contributed by atoms with Crippen molar-refractivity contribution in [2.24, 2.45) is 5.41 Å². The van der Waals surface area contributed by atoms with Crippen LogP contribution < -0.4 is 5.32 Å². The lowest BCUT2D eigenvalue weighted by molar-refractivity contribution is -0.129. The molecule has 0 spiro atoms. The first kappa shape index (κ1) is 13.3. The maximum atomic E-state index is 12.4. The highest BCUT2D eigenvalue weighted by molar-refractivity contribution is 6.53. The van der Waals surface area contributed by atoms with E-state index in [9.17, 15) is 4.79 Å². The van der Waals surface area contributed by atoms with Gasteiger partial charge in [0.05, 0.1) is 11.0 Å². The van der Waals surface area contributed by atoms with Crippen molar-refractivity contribution in [3.05, 3.63) is 35.9 Å². The van der Waals surface area contributed by atoms with Gasteiger partial charge in [-0.05, 0) is 38.2 Å². The smallest absolute Gasteiger partial charge is 0.229 e. The Balaban J connectivity index is 1.80. The summed E-state index contributed by atoms with van der Waals surface area (Å²) in [5.41, 5.74) is 0.315. The van der Waals surface area contributed by atoms with Gasteiger partial charge in [-0.15, -0.1) is 23.2 Å². The van der Waals surface area contributed by atoms with E-state index in [2.05, 4.69) is 17.4 Å². The van der Waals surface area contributed by atoms with Gasteiger partial charge >= 0.3 is 0 Å². The molecule has 19 heavy (non-hydrogen) atoms. The Morgan fingerprint density at radius 3 is 2.21 bits per heavy atom. The maximum absolute atomic E-state index is 12.4. The minimum Gasteiger partial charge on any atom is -0.346 e. The summed E-state index contributed by atoms with van der Waals surface area (Å²) in [7, 11) is 0. The fourth-order valence-electron chi connectivity index (χ4n) is 2.77. The monoisotopic (exact) mass is 297 g/mol. The second kappa shape index (κ2) is 4.13. The maximum Gasteiger partial charge on any atom is 0.229 e. The number of halogens is 2. The van der Waals surface area contributed by atoms with Crippen LogP contribution in [0.25, 0.3) is 0 Å². The average Bonchev–Trinajstić information content (AvgIpc) is 2.85. The Labute approximate surface area is 123 Å². The van der Waals surface area contributed by atoms with Crippen LogP contribution in [-0.4, -0.2) is 10.2 Å². The van der Waals surface area contributed by atoms with Crippen LogP contribution in [0.5, 0.6) is 0 Å². The van der Waals surface area contributed by atoms with E-state index >= 15 is 0 Å². The lowest BCUT2D eigenvalue weighted by atomic mass is 9.71. The van der Waals surface area contributed by atoms with Gasteiger partial charge in [0.25, 0.3) is 0 Å². The van der Waals surface area contributed by atoms with Crippen LogP contribution in [0.2, 0.25) is 0 Å². The second-order valence-corrected chi connectivity index (χ2v) is 7.45. The summed E-state index contributed by atoms with van der Waals surface area (Å²) >= 11 is 12.2. The molecule has 2 fully saturated rings. The van der Waals surface area contributed by atoms with E-state index in [1.54, 1.807) is 0 Å². The van der Waals surface area contributed by atoms with Crippen molar-refractivity contribution in [2.45, 2.75) is 42.5 Å². The predicted molar refractivity (Wildman–Crippen MR) is 77.3 cm³/mol. The van der Waals surface area contributed by atoms with Gasteiger partial charge in [-0.2, -0.15) is 0 Å². The normalized spacial score (nSPS) is 30.3. The van der Waals surface area contributed by atoms with E-state index < -0.39 is 9.75 Å². The van der Waals surface area contributed by atoms with Crippen molar-refractivity contribution >= 4 is 29.1 Å². The number of benzene rings is 1. The third kappa shape index (κ3) is 1.96. The molecule has 0 radical (unpaired) electrons. The first-order valence-electron chi connectivity index (χ1n) is 6.66. The largest absolute Gasteiger partial charge is 0.346 e. The molecule has 0 aromatic heterocycles. The molecule has 2 aliphatic rings. The number of rotatable bonds is 3. The number of hydrogen-bond donors (Lipinski definition) is 1. The molecule has 1 unspecified atom stereocenters. The number of nitrogens with one attached hydrogen (secondary N) is 1. The zero-order chi connectivity index (χ0) is 13.7. The minimum atomic E-state index is -0.904. The van der Waals surface area contributed by atoms with Gasteiger partial charge in [0.1, 0.15) is 4.33 Å². The van der Waals surface area contributed by atoms with Crippen LogP contribution in [0, 0.1) is 5.41 Å². The van der Waals surface area contributed by atoms with Crippen LogP contribution >= 0.6 is 23.2 Å². The zero-order valence-electron chi connectivity index (χ0n) is 10.9. The first-order chi connectivity index (χ1) is 8.90. The summed E-state index contributed by atoms with van der Waals surface area (Å²) in [4.78, 5) is 12.4. The van der Waals surface area contributed by atoms with Crippen LogP contribution in [0.1, 0.15) is 38.2 Å². The number of alkyl halides is 2. The van der Waals surface area contributed by atoms with E-state index in [1.807, 2.05) is 25.1 Å². The van der Waals surface area contributed by atoms with Gasteiger partial charge in [0.15, 0.2) is 0 Å². The fraction of sp³-hybridized carbons (Fsp3) is 0.533. The highest BCUT2D eigenvalue weighted by atomic mass is 35.5. The molecule has 0 aliphatic heterocycles. The molecule has 1 amide bonds. The molecule has 2 nitrogen and oxygen atoms in total. The molecule has 3 rings (SSSR count). The van der Waals surface area contributed by atoms with Crippen molar-refractivity contribution < 1.29 is 4.79 Å². The summed E-state index contributed by atoms with van der Waals surface area (Å²) in [6, 6.07) is 10.1. The van der Waals surface area contributed by atoms with Gasteiger partial charge in [-0.25, -0.2) is 0 Å². The Morgan fingerprint density at radius 2 is 1.79 bits per heavy atom. The topological polar surface area (TPSA) is 29.1 Å². The number of amides is 1. The molecular weight excluding hydrogens is 281 g/mol. The highest BCUT2D eigenvalue weighted by Gasteiger charge is 2.68. The Bertz CT molecular complexity index is 510. The van der Waals surface area contributed by atoms with Crippen molar-refractivity contribution in [1.82, 2.24) is 5.32 Å². The molecule has 0 saturated heterocycles. The van der Waals surface area contributed by atoms with E-state index in [0.717, 1.165) is 19.3 Å². The molecule has 1 atom stereocenters. The van der Waals surface area contributed by atoms with Gasteiger partial charge in [0.2, 0.25) is 5.91 Å². The molecule has 1 N–H and O–H groups in total. The van der Waals surface area contributed by atoms with Crippen molar-refractivity contribution in [2.75, 3.05) is 0 Å². The Kier molecular flexibility index (Phi) is 2.88. The van der Waals surface area contributed by atoms with Gasteiger partial charge in [-0.1, -0.05) is 30.3 Å². The number of hydrogen-bond acceptors (Lipinski definition) is 1. The van der Waals surface area contributed by atoms with Gasteiger partial charge < -0.3 is 5.32 Å². The minimum absolute atomic E-state index is 0.0268. The second-order valence-electron chi connectivity index (χ2n) is 5.97.